The molecule has 0 unspecified atom stereocenters. The molecule has 0 spiro atoms. The maximum Gasteiger partial charge on any atom is 0.220 e. The summed E-state index contributed by atoms with van der Waals surface area (Å²) in [5, 5.41) is 2.91. The maximum absolute atomic E-state index is 11.7. The largest absolute Gasteiger partial charge is 0.497 e. The number of hydrogen-bond donors (Lipinski definition) is 1. The lowest BCUT2D eigenvalue weighted by Crippen LogP contribution is -2.27. The van der Waals surface area contributed by atoms with Gasteiger partial charge in [0.05, 0.1) is 14.2 Å². The van der Waals surface area contributed by atoms with Crippen molar-refractivity contribution in [2.75, 3.05) is 20.8 Å². The Hall–Kier alpha value is -1.71. The molecule has 1 amide bonds. The van der Waals surface area contributed by atoms with Gasteiger partial charge in [0.2, 0.25) is 5.91 Å². The highest BCUT2D eigenvalue weighted by Gasteiger charge is 2.06. The second kappa shape index (κ2) is 7.67. The summed E-state index contributed by atoms with van der Waals surface area (Å²) < 4.78 is 10.4. The van der Waals surface area contributed by atoms with Crippen molar-refractivity contribution in [3.05, 3.63) is 23.8 Å². The molecule has 0 bridgehead atoms. The van der Waals surface area contributed by atoms with Crippen LogP contribution in [0.4, 0.5) is 0 Å². The van der Waals surface area contributed by atoms with E-state index < -0.39 is 0 Å². The predicted molar refractivity (Wildman–Crippen MR) is 75.7 cm³/mol. The number of benzene rings is 1. The quantitative estimate of drug-likeness (QED) is 0.823. The zero-order chi connectivity index (χ0) is 14.3. The standard InChI is InChI=1S/C15H23NO3/c1-11(2)10-16-15(17)6-5-12-7-13(18-3)9-14(8-12)19-4/h7-9,11H,5-6,10H2,1-4H3,(H,16,17). The summed E-state index contributed by atoms with van der Waals surface area (Å²) in [6, 6.07) is 5.68. The highest BCUT2D eigenvalue weighted by Crippen LogP contribution is 2.23. The van der Waals surface area contributed by atoms with Crippen LogP contribution >= 0.6 is 0 Å². The molecule has 1 N–H and O–H groups in total. The van der Waals surface area contributed by atoms with Gasteiger partial charge in [0.15, 0.2) is 0 Å². The number of hydrogen-bond acceptors (Lipinski definition) is 3. The monoisotopic (exact) mass is 265 g/mol. The van der Waals surface area contributed by atoms with Crippen LogP contribution in [0.15, 0.2) is 18.2 Å². The summed E-state index contributed by atoms with van der Waals surface area (Å²) in [7, 11) is 3.24. The third-order valence-corrected chi connectivity index (χ3v) is 2.76. The van der Waals surface area contributed by atoms with Crippen molar-refractivity contribution >= 4 is 5.91 Å². The zero-order valence-electron chi connectivity index (χ0n) is 12.2. The normalized spacial score (nSPS) is 10.4. The molecule has 0 heterocycles. The van der Waals surface area contributed by atoms with E-state index in [1.54, 1.807) is 14.2 Å². The van der Waals surface area contributed by atoms with E-state index >= 15 is 0 Å². The van der Waals surface area contributed by atoms with E-state index in [4.69, 9.17) is 9.47 Å². The number of rotatable bonds is 7. The second-order valence-electron chi connectivity index (χ2n) is 4.92. The average molecular weight is 265 g/mol. The number of nitrogens with one attached hydrogen (secondary N) is 1. The first kappa shape index (κ1) is 15.3. The Balaban J connectivity index is 2.54. The van der Waals surface area contributed by atoms with Crippen LogP contribution in [-0.2, 0) is 11.2 Å². The number of carbonyl (C=O) groups is 1. The Labute approximate surface area is 115 Å². The Morgan fingerprint density at radius 3 is 2.21 bits per heavy atom. The fourth-order valence-corrected chi connectivity index (χ4v) is 1.67. The van der Waals surface area contributed by atoms with E-state index in [9.17, 15) is 4.79 Å². The van der Waals surface area contributed by atoms with Crippen LogP contribution in [0, 0.1) is 5.92 Å². The molecule has 1 rings (SSSR count). The van der Waals surface area contributed by atoms with Gasteiger partial charge in [-0.2, -0.15) is 0 Å². The van der Waals surface area contributed by atoms with Gasteiger partial charge >= 0.3 is 0 Å². The van der Waals surface area contributed by atoms with Crippen molar-refractivity contribution in [2.24, 2.45) is 5.92 Å². The lowest BCUT2D eigenvalue weighted by atomic mass is 10.1. The van der Waals surface area contributed by atoms with Crippen molar-refractivity contribution in [3.8, 4) is 11.5 Å². The average Bonchev–Trinajstić information content (AvgIpc) is 2.42. The molecular weight excluding hydrogens is 242 g/mol. The van der Waals surface area contributed by atoms with Gasteiger partial charge in [-0.15, -0.1) is 0 Å². The molecule has 4 nitrogen and oxygen atoms in total. The summed E-state index contributed by atoms with van der Waals surface area (Å²) in [6.07, 6.45) is 1.15. The lowest BCUT2D eigenvalue weighted by Gasteiger charge is -2.09. The van der Waals surface area contributed by atoms with E-state index in [0.717, 1.165) is 23.6 Å². The Morgan fingerprint density at radius 1 is 1.16 bits per heavy atom. The van der Waals surface area contributed by atoms with Crippen molar-refractivity contribution in [3.63, 3.8) is 0 Å². The summed E-state index contributed by atoms with van der Waals surface area (Å²) in [5.41, 5.74) is 1.04. The fraction of sp³-hybridized carbons (Fsp3) is 0.533. The van der Waals surface area contributed by atoms with Crippen LogP contribution in [0.5, 0.6) is 11.5 Å². The molecule has 1 aromatic rings. The molecule has 0 aliphatic heterocycles. The number of amides is 1. The summed E-state index contributed by atoms with van der Waals surface area (Å²) >= 11 is 0. The van der Waals surface area contributed by atoms with Crippen molar-refractivity contribution < 1.29 is 14.3 Å². The third kappa shape index (κ3) is 5.64. The molecule has 0 saturated carbocycles. The number of carbonyl (C=O) groups excluding carboxylic acids is 1. The molecule has 0 aliphatic rings. The molecular formula is C15H23NO3. The molecule has 0 radical (unpaired) electrons. The van der Waals surface area contributed by atoms with Crippen molar-refractivity contribution in [2.45, 2.75) is 26.7 Å². The maximum atomic E-state index is 11.7. The van der Waals surface area contributed by atoms with E-state index in [2.05, 4.69) is 19.2 Å². The van der Waals surface area contributed by atoms with Gasteiger partial charge in [0.25, 0.3) is 0 Å². The van der Waals surface area contributed by atoms with E-state index in [1.807, 2.05) is 18.2 Å². The van der Waals surface area contributed by atoms with E-state index in [1.165, 1.54) is 0 Å². The minimum absolute atomic E-state index is 0.0792. The summed E-state index contributed by atoms with van der Waals surface area (Å²) in [5.74, 6) is 2.05. The lowest BCUT2D eigenvalue weighted by molar-refractivity contribution is -0.121. The SMILES string of the molecule is COc1cc(CCC(=O)NCC(C)C)cc(OC)c1. The summed E-state index contributed by atoms with van der Waals surface area (Å²) in [6.45, 7) is 4.88. The molecule has 0 saturated heterocycles. The predicted octanol–water partition coefficient (Wildman–Crippen LogP) is 2.41. The first-order valence-corrected chi connectivity index (χ1v) is 6.53. The van der Waals surface area contributed by atoms with Crippen molar-refractivity contribution in [1.82, 2.24) is 5.32 Å². The minimum atomic E-state index is 0.0792. The Morgan fingerprint density at radius 2 is 1.74 bits per heavy atom. The first-order valence-electron chi connectivity index (χ1n) is 6.53. The van der Waals surface area contributed by atoms with Crippen LogP contribution in [0.25, 0.3) is 0 Å². The molecule has 106 valence electrons. The second-order valence-corrected chi connectivity index (χ2v) is 4.92. The van der Waals surface area contributed by atoms with Gasteiger partial charge in [-0.25, -0.2) is 0 Å². The van der Waals surface area contributed by atoms with Crippen LogP contribution in [0.3, 0.4) is 0 Å². The van der Waals surface area contributed by atoms with E-state index in [0.29, 0.717) is 18.8 Å². The Kier molecular flexibility index (Phi) is 6.19. The van der Waals surface area contributed by atoms with Crippen molar-refractivity contribution in [1.29, 1.82) is 0 Å². The number of ether oxygens (including phenoxy) is 2. The molecule has 0 aliphatic carbocycles. The smallest absolute Gasteiger partial charge is 0.220 e. The molecule has 4 heteroatoms. The van der Waals surface area contributed by atoms with Gasteiger partial charge < -0.3 is 14.8 Å². The first-order chi connectivity index (χ1) is 9.05. The highest BCUT2D eigenvalue weighted by atomic mass is 16.5. The van der Waals surface area contributed by atoms with Crippen LogP contribution in [-0.4, -0.2) is 26.7 Å². The zero-order valence-corrected chi connectivity index (χ0v) is 12.2. The Bertz CT molecular complexity index is 394. The van der Waals surface area contributed by atoms with Gasteiger partial charge in [-0.3, -0.25) is 4.79 Å². The molecule has 19 heavy (non-hydrogen) atoms. The molecule has 0 atom stereocenters. The molecule has 0 aromatic heterocycles. The third-order valence-electron chi connectivity index (χ3n) is 2.76. The highest BCUT2D eigenvalue weighted by molar-refractivity contribution is 5.76. The van der Waals surface area contributed by atoms with Crippen LogP contribution in [0.1, 0.15) is 25.8 Å². The topological polar surface area (TPSA) is 47.6 Å². The summed E-state index contributed by atoms with van der Waals surface area (Å²) in [4.78, 5) is 11.7. The van der Waals surface area contributed by atoms with Gasteiger partial charge in [0, 0.05) is 19.0 Å². The van der Waals surface area contributed by atoms with Gasteiger partial charge in [-0.1, -0.05) is 13.8 Å². The molecule has 0 fully saturated rings. The minimum Gasteiger partial charge on any atom is -0.497 e. The fourth-order valence-electron chi connectivity index (χ4n) is 1.67. The van der Waals surface area contributed by atoms with Crippen LogP contribution in [0.2, 0.25) is 0 Å². The van der Waals surface area contributed by atoms with Gasteiger partial charge in [0.1, 0.15) is 11.5 Å². The number of methoxy groups -OCH3 is 2. The number of aryl methyl sites for hydroxylation is 1. The van der Waals surface area contributed by atoms with Gasteiger partial charge in [-0.05, 0) is 30.0 Å². The molecule has 1 aromatic carbocycles. The van der Waals surface area contributed by atoms with Crippen LogP contribution < -0.4 is 14.8 Å². The van der Waals surface area contributed by atoms with E-state index in [-0.39, 0.29) is 5.91 Å².